The minimum Gasteiger partial charge on any atom is -0.481 e. The fourth-order valence-corrected chi connectivity index (χ4v) is 1.43. The van der Waals surface area contributed by atoms with E-state index in [0.717, 1.165) is 0 Å². The molecule has 1 N–H and O–H groups in total. The highest BCUT2D eigenvalue weighted by molar-refractivity contribution is 5.78. The number of hydrogen-bond donors (Lipinski definition) is 1. The first kappa shape index (κ1) is 14.9. The molecule has 1 amide bonds. The van der Waals surface area contributed by atoms with E-state index >= 15 is 0 Å². The Morgan fingerprint density at radius 2 is 1.81 bits per heavy atom. The summed E-state index contributed by atoms with van der Waals surface area (Å²) in [6.45, 7) is 4.75. The minimum absolute atomic E-state index is 0.0467. The number of carbonyl (C=O) groups excluding carboxylic acids is 1. The predicted molar refractivity (Wildman–Crippen MR) is 62.3 cm³/mol. The van der Waals surface area contributed by atoms with Gasteiger partial charge in [0, 0.05) is 19.0 Å². The molecule has 0 aliphatic heterocycles. The topological polar surface area (TPSA) is 60.9 Å². The zero-order valence-corrected chi connectivity index (χ0v) is 10.6. The Morgan fingerprint density at radius 1 is 1.25 bits per heavy atom. The standard InChI is InChI=1S/C11H22N2O3/c1-9(2)13(7-5-6-11(15)16)10(14)8-12(3)4/h9H,5-8H2,1-4H3,(H,15,16). The summed E-state index contributed by atoms with van der Waals surface area (Å²) in [5.74, 6) is -0.769. The number of carboxylic acid groups (broad SMARTS) is 1. The summed E-state index contributed by atoms with van der Waals surface area (Å²) in [7, 11) is 3.68. The monoisotopic (exact) mass is 230 g/mol. The van der Waals surface area contributed by atoms with Crippen LogP contribution < -0.4 is 0 Å². The van der Waals surface area contributed by atoms with Crippen molar-refractivity contribution in [2.45, 2.75) is 32.7 Å². The van der Waals surface area contributed by atoms with E-state index in [2.05, 4.69) is 0 Å². The molecule has 5 nitrogen and oxygen atoms in total. The molecule has 0 bridgehead atoms. The molecule has 0 spiro atoms. The molecule has 0 saturated heterocycles. The van der Waals surface area contributed by atoms with E-state index in [0.29, 0.717) is 19.5 Å². The van der Waals surface area contributed by atoms with Gasteiger partial charge in [-0.3, -0.25) is 9.59 Å². The molecule has 0 heterocycles. The van der Waals surface area contributed by atoms with E-state index in [9.17, 15) is 9.59 Å². The highest BCUT2D eigenvalue weighted by Gasteiger charge is 2.17. The second-order valence-electron chi connectivity index (χ2n) is 4.42. The van der Waals surface area contributed by atoms with Crippen molar-refractivity contribution in [3.8, 4) is 0 Å². The number of rotatable bonds is 7. The lowest BCUT2D eigenvalue weighted by atomic mass is 10.2. The third kappa shape index (κ3) is 6.40. The van der Waals surface area contributed by atoms with Gasteiger partial charge in [0.05, 0.1) is 6.54 Å². The van der Waals surface area contributed by atoms with Gasteiger partial charge in [-0.15, -0.1) is 0 Å². The highest BCUT2D eigenvalue weighted by Crippen LogP contribution is 2.03. The number of likely N-dealkylation sites (N-methyl/N-ethyl adjacent to an activating group) is 1. The van der Waals surface area contributed by atoms with Gasteiger partial charge in [-0.1, -0.05) is 0 Å². The number of carboxylic acids is 1. The molecule has 0 aromatic carbocycles. The van der Waals surface area contributed by atoms with Crippen LogP contribution in [-0.2, 0) is 9.59 Å². The van der Waals surface area contributed by atoms with Gasteiger partial charge in [-0.25, -0.2) is 0 Å². The summed E-state index contributed by atoms with van der Waals surface area (Å²) in [5.41, 5.74) is 0. The van der Waals surface area contributed by atoms with E-state index in [1.54, 1.807) is 4.90 Å². The summed E-state index contributed by atoms with van der Waals surface area (Å²) >= 11 is 0. The maximum atomic E-state index is 11.8. The lowest BCUT2D eigenvalue weighted by Crippen LogP contribution is -2.42. The number of amides is 1. The van der Waals surface area contributed by atoms with Gasteiger partial charge in [0.1, 0.15) is 0 Å². The molecule has 0 rings (SSSR count). The first-order valence-electron chi connectivity index (χ1n) is 5.50. The molecular weight excluding hydrogens is 208 g/mol. The van der Waals surface area contributed by atoms with Crippen LogP contribution in [0.1, 0.15) is 26.7 Å². The van der Waals surface area contributed by atoms with Crippen LogP contribution in [0.15, 0.2) is 0 Å². The molecule has 0 atom stereocenters. The molecule has 94 valence electrons. The van der Waals surface area contributed by atoms with Gasteiger partial charge in [0.15, 0.2) is 0 Å². The lowest BCUT2D eigenvalue weighted by molar-refractivity contribution is -0.138. The number of carbonyl (C=O) groups is 2. The average molecular weight is 230 g/mol. The van der Waals surface area contributed by atoms with Crippen molar-refractivity contribution in [3.63, 3.8) is 0 Å². The summed E-state index contributed by atoms with van der Waals surface area (Å²) in [6, 6.07) is 0.112. The molecule has 0 aromatic heterocycles. The summed E-state index contributed by atoms with van der Waals surface area (Å²) in [6.07, 6.45) is 0.616. The largest absolute Gasteiger partial charge is 0.481 e. The van der Waals surface area contributed by atoms with Crippen molar-refractivity contribution >= 4 is 11.9 Å². The Morgan fingerprint density at radius 3 is 2.19 bits per heavy atom. The normalized spacial score (nSPS) is 10.9. The summed E-state index contributed by atoms with van der Waals surface area (Å²) < 4.78 is 0. The van der Waals surface area contributed by atoms with E-state index in [1.807, 2.05) is 32.8 Å². The second-order valence-corrected chi connectivity index (χ2v) is 4.42. The smallest absolute Gasteiger partial charge is 0.303 e. The Labute approximate surface area is 97.0 Å². The fourth-order valence-electron chi connectivity index (χ4n) is 1.43. The Kier molecular flexibility index (Phi) is 6.72. The zero-order chi connectivity index (χ0) is 12.7. The molecule has 5 heteroatoms. The van der Waals surface area contributed by atoms with Gasteiger partial charge < -0.3 is 14.9 Å². The van der Waals surface area contributed by atoms with Crippen molar-refractivity contribution in [1.82, 2.24) is 9.80 Å². The Hall–Kier alpha value is -1.10. The molecule has 0 unspecified atom stereocenters. The third-order valence-corrected chi connectivity index (χ3v) is 2.18. The van der Waals surface area contributed by atoms with Crippen LogP contribution in [0.3, 0.4) is 0 Å². The van der Waals surface area contributed by atoms with Gasteiger partial charge in [-0.05, 0) is 34.4 Å². The average Bonchev–Trinajstić information content (AvgIpc) is 2.09. The molecule has 0 aliphatic carbocycles. The molecule has 16 heavy (non-hydrogen) atoms. The van der Waals surface area contributed by atoms with Gasteiger partial charge >= 0.3 is 5.97 Å². The Balaban J connectivity index is 4.16. The van der Waals surface area contributed by atoms with Gasteiger partial charge in [-0.2, -0.15) is 0 Å². The van der Waals surface area contributed by atoms with E-state index in [1.165, 1.54) is 0 Å². The predicted octanol–water partition coefficient (Wildman–Crippen LogP) is 0.650. The summed E-state index contributed by atoms with van der Waals surface area (Å²) in [4.78, 5) is 25.7. The molecular formula is C11H22N2O3. The van der Waals surface area contributed by atoms with Crippen LogP contribution in [0.4, 0.5) is 0 Å². The summed E-state index contributed by atoms with van der Waals surface area (Å²) in [5, 5.41) is 8.54. The molecule has 0 radical (unpaired) electrons. The van der Waals surface area contributed by atoms with E-state index in [-0.39, 0.29) is 18.4 Å². The van der Waals surface area contributed by atoms with Crippen LogP contribution in [0.25, 0.3) is 0 Å². The lowest BCUT2D eigenvalue weighted by Gasteiger charge is -2.27. The molecule has 0 aromatic rings. The zero-order valence-electron chi connectivity index (χ0n) is 10.6. The van der Waals surface area contributed by atoms with Crippen molar-refractivity contribution in [1.29, 1.82) is 0 Å². The van der Waals surface area contributed by atoms with Crippen molar-refractivity contribution in [3.05, 3.63) is 0 Å². The van der Waals surface area contributed by atoms with Gasteiger partial charge in [0.25, 0.3) is 0 Å². The molecule has 0 fully saturated rings. The van der Waals surface area contributed by atoms with Crippen LogP contribution in [-0.4, -0.2) is 60.0 Å². The van der Waals surface area contributed by atoms with E-state index < -0.39 is 5.97 Å². The number of nitrogens with zero attached hydrogens (tertiary/aromatic N) is 2. The first-order chi connectivity index (χ1) is 7.34. The third-order valence-electron chi connectivity index (χ3n) is 2.18. The maximum Gasteiger partial charge on any atom is 0.303 e. The van der Waals surface area contributed by atoms with E-state index in [4.69, 9.17) is 5.11 Å². The molecule has 0 saturated carbocycles. The number of aliphatic carboxylic acids is 1. The SMILES string of the molecule is CC(C)N(CCCC(=O)O)C(=O)CN(C)C. The van der Waals surface area contributed by atoms with Crippen molar-refractivity contribution in [2.24, 2.45) is 0 Å². The van der Waals surface area contributed by atoms with Crippen LogP contribution in [0.2, 0.25) is 0 Å². The first-order valence-corrected chi connectivity index (χ1v) is 5.50. The fraction of sp³-hybridized carbons (Fsp3) is 0.818. The van der Waals surface area contributed by atoms with Crippen molar-refractivity contribution in [2.75, 3.05) is 27.2 Å². The van der Waals surface area contributed by atoms with Crippen molar-refractivity contribution < 1.29 is 14.7 Å². The molecule has 0 aliphatic rings. The number of hydrogen-bond acceptors (Lipinski definition) is 3. The second kappa shape index (κ2) is 7.22. The van der Waals surface area contributed by atoms with Crippen LogP contribution in [0, 0.1) is 0 Å². The Bertz CT molecular complexity index is 239. The van der Waals surface area contributed by atoms with Crippen LogP contribution in [0.5, 0.6) is 0 Å². The quantitative estimate of drug-likeness (QED) is 0.697. The van der Waals surface area contributed by atoms with Crippen LogP contribution >= 0.6 is 0 Å². The minimum atomic E-state index is -0.816. The highest BCUT2D eigenvalue weighted by atomic mass is 16.4. The maximum absolute atomic E-state index is 11.8. The van der Waals surface area contributed by atoms with Gasteiger partial charge in [0.2, 0.25) is 5.91 Å².